The van der Waals surface area contributed by atoms with E-state index < -0.39 is 0 Å². The van der Waals surface area contributed by atoms with Crippen LogP contribution < -0.4 is 14.8 Å². The van der Waals surface area contributed by atoms with Crippen LogP contribution in [-0.2, 0) is 6.61 Å². The topological polar surface area (TPSA) is 73.6 Å². The van der Waals surface area contributed by atoms with Gasteiger partial charge in [0.25, 0.3) is 5.91 Å². The van der Waals surface area contributed by atoms with E-state index in [0.717, 1.165) is 11.3 Å². The summed E-state index contributed by atoms with van der Waals surface area (Å²) in [6.07, 6.45) is 1.33. The fourth-order valence-corrected chi connectivity index (χ4v) is 2.39. The number of methoxy groups -OCH3 is 1. The van der Waals surface area contributed by atoms with E-state index in [4.69, 9.17) is 13.9 Å². The molecule has 1 amide bonds. The lowest BCUT2D eigenvalue weighted by Gasteiger charge is -2.12. The van der Waals surface area contributed by atoms with Gasteiger partial charge in [0.2, 0.25) is 5.89 Å². The number of nitrogens with one attached hydrogen (secondary N) is 1. The number of benzene rings is 2. The van der Waals surface area contributed by atoms with Crippen molar-refractivity contribution in [2.24, 2.45) is 0 Å². The van der Waals surface area contributed by atoms with Crippen LogP contribution in [0, 0.1) is 0 Å². The summed E-state index contributed by atoms with van der Waals surface area (Å²) in [5, 5.41) is 2.90. The van der Waals surface area contributed by atoms with Gasteiger partial charge in [0.05, 0.1) is 13.2 Å². The Morgan fingerprint density at radius 1 is 1.12 bits per heavy atom. The number of oxazole rings is 1. The highest BCUT2D eigenvalue weighted by Gasteiger charge is 2.15. The van der Waals surface area contributed by atoms with Crippen LogP contribution in [0.5, 0.6) is 11.5 Å². The minimum Gasteiger partial charge on any atom is -0.497 e. The summed E-state index contributed by atoms with van der Waals surface area (Å²) in [5.74, 6) is 1.45. The monoisotopic (exact) mass is 352 g/mol. The molecule has 0 saturated heterocycles. The molecule has 0 aliphatic rings. The van der Waals surface area contributed by atoms with Crippen LogP contribution in [0.1, 0.15) is 34.9 Å². The largest absolute Gasteiger partial charge is 0.497 e. The molecule has 0 saturated carbocycles. The third-order valence-corrected chi connectivity index (χ3v) is 3.85. The molecule has 3 rings (SSSR count). The van der Waals surface area contributed by atoms with E-state index in [1.807, 2.05) is 37.3 Å². The molecule has 26 heavy (non-hydrogen) atoms. The molecule has 6 heteroatoms. The number of aromatic nitrogens is 1. The maximum atomic E-state index is 12.3. The maximum absolute atomic E-state index is 12.3. The molecule has 0 spiro atoms. The lowest BCUT2D eigenvalue weighted by Crippen LogP contribution is -2.26. The van der Waals surface area contributed by atoms with E-state index in [-0.39, 0.29) is 24.2 Å². The first-order valence-corrected chi connectivity index (χ1v) is 8.23. The standard InChI is InChI=1S/C20H20N2O4/c1-14(15-6-4-3-5-7-15)21-20(23)18-12-26-19(22-18)13-25-17-10-8-16(24-2)9-11-17/h3-12,14H,13H2,1-2H3,(H,21,23)/t14-/m1/s1. The van der Waals surface area contributed by atoms with Crippen molar-refractivity contribution < 1.29 is 18.7 Å². The smallest absolute Gasteiger partial charge is 0.273 e. The highest BCUT2D eigenvalue weighted by atomic mass is 16.5. The quantitative estimate of drug-likeness (QED) is 0.701. The first kappa shape index (κ1) is 17.5. The van der Waals surface area contributed by atoms with Gasteiger partial charge < -0.3 is 19.2 Å². The van der Waals surface area contributed by atoms with Gasteiger partial charge in [-0.15, -0.1) is 0 Å². The number of rotatable bonds is 7. The molecule has 0 aliphatic heterocycles. The summed E-state index contributed by atoms with van der Waals surface area (Å²) in [7, 11) is 1.61. The summed E-state index contributed by atoms with van der Waals surface area (Å²) >= 11 is 0. The Bertz CT molecular complexity index is 844. The third-order valence-electron chi connectivity index (χ3n) is 3.85. The molecule has 3 aromatic rings. The summed E-state index contributed by atoms with van der Waals surface area (Å²) in [6, 6.07) is 16.8. The van der Waals surface area contributed by atoms with E-state index in [1.165, 1.54) is 6.26 Å². The third kappa shape index (κ3) is 4.42. The van der Waals surface area contributed by atoms with Gasteiger partial charge in [0.1, 0.15) is 17.8 Å². The van der Waals surface area contributed by atoms with E-state index in [2.05, 4.69) is 10.3 Å². The minimum absolute atomic E-state index is 0.126. The molecular formula is C20H20N2O4. The molecule has 0 fully saturated rings. The van der Waals surface area contributed by atoms with Crippen LogP contribution in [0.2, 0.25) is 0 Å². The van der Waals surface area contributed by atoms with Gasteiger partial charge in [-0.05, 0) is 36.8 Å². The average Bonchev–Trinajstić information content (AvgIpc) is 3.16. The summed E-state index contributed by atoms with van der Waals surface area (Å²) in [6.45, 7) is 2.05. The Morgan fingerprint density at radius 2 is 1.81 bits per heavy atom. The fraction of sp³-hybridized carbons (Fsp3) is 0.200. The highest BCUT2D eigenvalue weighted by Crippen LogP contribution is 2.18. The Morgan fingerprint density at radius 3 is 2.50 bits per heavy atom. The van der Waals surface area contributed by atoms with Crippen molar-refractivity contribution in [2.45, 2.75) is 19.6 Å². The second kappa shape index (κ2) is 8.20. The van der Waals surface area contributed by atoms with Crippen molar-refractivity contribution in [3.05, 3.63) is 78.0 Å². The normalized spacial score (nSPS) is 11.6. The van der Waals surface area contributed by atoms with Gasteiger partial charge in [-0.1, -0.05) is 30.3 Å². The van der Waals surface area contributed by atoms with Gasteiger partial charge in [-0.3, -0.25) is 4.79 Å². The number of carbonyl (C=O) groups is 1. The van der Waals surface area contributed by atoms with Crippen molar-refractivity contribution >= 4 is 5.91 Å². The molecule has 1 aromatic heterocycles. The molecule has 1 heterocycles. The molecule has 1 atom stereocenters. The lowest BCUT2D eigenvalue weighted by atomic mass is 10.1. The molecule has 1 N–H and O–H groups in total. The summed E-state index contributed by atoms with van der Waals surface area (Å²) in [4.78, 5) is 16.5. The van der Waals surface area contributed by atoms with E-state index in [9.17, 15) is 4.79 Å². The zero-order valence-corrected chi connectivity index (χ0v) is 14.6. The Kier molecular flexibility index (Phi) is 5.53. The highest BCUT2D eigenvalue weighted by molar-refractivity contribution is 5.92. The van der Waals surface area contributed by atoms with Crippen molar-refractivity contribution in [2.75, 3.05) is 7.11 Å². The number of hydrogen-bond acceptors (Lipinski definition) is 5. The number of amides is 1. The minimum atomic E-state index is -0.291. The summed E-state index contributed by atoms with van der Waals surface area (Å²) < 4.78 is 16.0. The molecule has 0 aliphatic carbocycles. The van der Waals surface area contributed by atoms with E-state index in [0.29, 0.717) is 11.6 Å². The predicted molar refractivity (Wildman–Crippen MR) is 96.2 cm³/mol. The Hall–Kier alpha value is -3.28. The second-order valence-corrected chi connectivity index (χ2v) is 5.70. The second-order valence-electron chi connectivity index (χ2n) is 5.70. The molecule has 6 nitrogen and oxygen atoms in total. The zero-order valence-electron chi connectivity index (χ0n) is 14.6. The Balaban J connectivity index is 1.55. The lowest BCUT2D eigenvalue weighted by molar-refractivity contribution is 0.0934. The molecule has 2 aromatic carbocycles. The molecule has 0 radical (unpaired) electrons. The van der Waals surface area contributed by atoms with Crippen molar-refractivity contribution in [3.8, 4) is 11.5 Å². The van der Waals surface area contributed by atoms with Gasteiger partial charge in [0.15, 0.2) is 12.3 Å². The van der Waals surface area contributed by atoms with E-state index >= 15 is 0 Å². The van der Waals surface area contributed by atoms with Crippen molar-refractivity contribution in [3.63, 3.8) is 0 Å². The zero-order chi connectivity index (χ0) is 18.4. The maximum Gasteiger partial charge on any atom is 0.273 e. The van der Waals surface area contributed by atoms with Crippen molar-refractivity contribution in [1.82, 2.24) is 10.3 Å². The Labute approximate surface area is 151 Å². The first-order chi connectivity index (χ1) is 12.7. The van der Waals surface area contributed by atoms with Gasteiger partial charge >= 0.3 is 0 Å². The van der Waals surface area contributed by atoms with Crippen LogP contribution in [0.4, 0.5) is 0 Å². The van der Waals surface area contributed by atoms with Gasteiger partial charge in [-0.25, -0.2) is 4.98 Å². The molecule has 0 bridgehead atoms. The van der Waals surface area contributed by atoms with Crippen LogP contribution in [0.15, 0.2) is 65.3 Å². The number of nitrogens with zero attached hydrogens (tertiary/aromatic N) is 1. The first-order valence-electron chi connectivity index (χ1n) is 8.23. The van der Waals surface area contributed by atoms with Crippen LogP contribution in [0.3, 0.4) is 0 Å². The molecule has 0 unspecified atom stereocenters. The van der Waals surface area contributed by atoms with Crippen LogP contribution in [0.25, 0.3) is 0 Å². The van der Waals surface area contributed by atoms with E-state index in [1.54, 1.807) is 31.4 Å². The predicted octanol–water partition coefficient (Wildman–Crippen LogP) is 3.75. The number of ether oxygens (including phenoxy) is 2. The van der Waals surface area contributed by atoms with Crippen LogP contribution in [-0.4, -0.2) is 18.0 Å². The molecular weight excluding hydrogens is 332 g/mol. The number of carbonyl (C=O) groups excluding carboxylic acids is 1. The number of hydrogen-bond donors (Lipinski definition) is 1. The summed E-state index contributed by atoms with van der Waals surface area (Å²) in [5.41, 5.74) is 1.24. The molecule has 134 valence electrons. The fourth-order valence-electron chi connectivity index (χ4n) is 2.39. The SMILES string of the molecule is COc1ccc(OCc2nc(C(=O)N[C@H](C)c3ccccc3)co2)cc1. The van der Waals surface area contributed by atoms with Crippen molar-refractivity contribution in [1.29, 1.82) is 0 Å². The van der Waals surface area contributed by atoms with Gasteiger partial charge in [-0.2, -0.15) is 0 Å². The average molecular weight is 352 g/mol. The van der Waals surface area contributed by atoms with Gasteiger partial charge in [0, 0.05) is 0 Å². The van der Waals surface area contributed by atoms with Crippen LogP contribution >= 0.6 is 0 Å².